The van der Waals surface area contributed by atoms with Gasteiger partial charge >= 0.3 is 0 Å². The highest BCUT2D eigenvalue weighted by Gasteiger charge is 2.21. The molecule has 0 saturated carbocycles. The van der Waals surface area contributed by atoms with Gasteiger partial charge in [-0.05, 0) is 32.4 Å². The standard InChI is InChI=1S/C19H24O4/c1-4-15(16-9-5-7-11-18(16)22-13(2)20)17-10-6-8-12-19(17)23-14(3)21/h5-15,20-21H,4H2,1-3H3. The highest BCUT2D eigenvalue weighted by Crippen LogP contribution is 2.38. The predicted molar refractivity (Wildman–Crippen MR) is 89.6 cm³/mol. The van der Waals surface area contributed by atoms with Crippen LogP contribution in [-0.2, 0) is 0 Å². The zero-order chi connectivity index (χ0) is 16.8. The summed E-state index contributed by atoms with van der Waals surface area (Å²) in [6.07, 6.45) is -0.921. The fourth-order valence-electron chi connectivity index (χ4n) is 2.73. The summed E-state index contributed by atoms with van der Waals surface area (Å²) in [5, 5.41) is 19.1. The molecule has 0 aliphatic carbocycles. The van der Waals surface area contributed by atoms with Crippen LogP contribution in [0, 0.1) is 0 Å². The first-order valence-corrected chi connectivity index (χ1v) is 7.90. The Balaban J connectivity index is 2.45. The summed E-state index contributed by atoms with van der Waals surface area (Å²) in [4.78, 5) is 0. The van der Waals surface area contributed by atoms with Gasteiger partial charge in [-0.2, -0.15) is 0 Å². The van der Waals surface area contributed by atoms with Gasteiger partial charge in [-0.15, -0.1) is 0 Å². The Kier molecular flexibility index (Phi) is 6.02. The second-order valence-electron chi connectivity index (χ2n) is 5.47. The number of benzene rings is 2. The van der Waals surface area contributed by atoms with Gasteiger partial charge in [0.2, 0.25) is 0 Å². The third kappa shape index (κ3) is 4.47. The van der Waals surface area contributed by atoms with Gasteiger partial charge in [-0.25, -0.2) is 0 Å². The molecule has 0 aliphatic heterocycles. The molecule has 23 heavy (non-hydrogen) atoms. The lowest BCUT2D eigenvalue weighted by molar-refractivity contribution is -0.00168. The van der Waals surface area contributed by atoms with Crippen molar-refractivity contribution in [1.82, 2.24) is 0 Å². The van der Waals surface area contributed by atoms with Gasteiger partial charge in [-0.3, -0.25) is 0 Å². The van der Waals surface area contributed by atoms with Crippen molar-refractivity contribution in [2.45, 2.75) is 45.7 Å². The number of rotatable bonds is 7. The summed E-state index contributed by atoms with van der Waals surface area (Å²) < 4.78 is 11.1. The molecule has 2 rings (SSSR count). The van der Waals surface area contributed by atoms with Crippen LogP contribution in [0.15, 0.2) is 48.5 Å². The van der Waals surface area contributed by atoms with Crippen molar-refractivity contribution in [3.05, 3.63) is 59.7 Å². The lowest BCUT2D eigenvalue weighted by Gasteiger charge is -2.23. The van der Waals surface area contributed by atoms with Crippen LogP contribution < -0.4 is 9.47 Å². The molecule has 0 bridgehead atoms. The molecule has 2 atom stereocenters. The second kappa shape index (κ2) is 7.99. The quantitative estimate of drug-likeness (QED) is 0.765. The average Bonchev–Trinajstić information content (AvgIpc) is 2.50. The highest BCUT2D eigenvalue weighted by atomic mass is 16.6. The van der Waals surface area contributed by atoms with Gasteiger partial charge in [0.1, 0.15) is 11.5 Å². The minimum Gasteiger partial charge on any atom is -0.465 e. The number of hydrogen-bond acceptors (Lipinski definition) is 4. The first-order chi connectivity index (χ1) is 11.0. The van der Waals surface area contributed by atoms with E-state index in [0.717, 1.165) is 17.5 Å². The normalized spacial score (nSPS) is 14.8. The van der Waals surface area contributed by atoms with E-state index < -0.39 is 12.6 Å². The molecule has 2 aromatic carbocycles. The SMILES string of the molecule is CCC(c1ccccc1OC(C)O)c1ccccc1OC(C)O. The van der Waals surface area contributed by atoms with Crippen molar-refractivity contribution in [3.8, 4) is 11.5 Å². The number of ether oxygens (including phenoxy) is 2. The maximum atomic E-state index is 9.55. The van der Waals surface area contributed by atoms with E-state index in [9.17, 15) is 10.2 Å². The van der Waals surface area contributed by atoms with E-state index in [4.69, 9.17) is 9.47 Å². The number of aliphatic hydroxyl groups is 2. The molecule has 4 heteroatoms. The van der Waals surface area contributed by atoms with Crippen molar-refractivity contribution in [2.24, 2.45) is 0 Å². The molecule has 0 radical (unpaired) electrons. The largest absolute Gasteiger partial charge is 0.465 e. The molecule has 0 heterocycles. The topological polar surface area (TPSA) is 58.9 Å². The van der Waals surface area contributed by atoms with E-state index in [-0.39, 0.29) is 5.92 Å². The second-order valence-corrected chi connectivity index (χ2v) is 5.47. The maximum absolute atomic E-state index is 9.55. The summed E-state index contributed by atoms with van der Waals surface area (Å²) in [6, 6.07) is 15.3. The van der Waals surface area contributed by atoms with E-state index in [1.807, 2.05) is 48.5 Å². The molecular formula is C19H24O4. The molecule has 0 fully saturated rings. The van der Waals surface area contributed by atoms with Crippen LogP contribution in [0.1, 0.15) is 44.2 Å². The van der Waals surface area contributed by atoms with Crippen LogP contribution in [-0.4, -0.2) is 22.8 Å². The average molecular weight is 316 g/mol. The molecule has 0 spiro atoms. The van der Waals surface area contributed by atoms with Gasteiger partial charge in [-0.1, -0.05) is 43.3 Å². The Labute approximate surface area is 137 Å². The summed E-state index contributed by atoms with van der Waals surface area (Å²) in [7, 11) is 0. The smallest absolute Gasteiger partial charge is 0.194 e. The lowest BCUT2D eigenvalue weighted by atomic mass is 9.88. The molecular weight excluding hydrogens is 292 g/mol. The molecule has 0 amide bonds. The first-order valence-electron chi connectivity index (χ1n) is 7.90. The molecule has 0 aromatic heterocycles. The predicted octanol–water partition coefficient (Wildman–Crippen LogP) is 3.66. The van der Waals surface area contributed by atoms with Crippen LogP contribution in [0.4, 0.5) is 0 Å². The molecule has 0 aliphatic rings. The van der Waals surface area contributed by atoms with Crippen LogP contribution in [0.5, 0.6) is 11.5 Å². The van der Waals surface area contributed by atoms with Crippen LogP contribution in [0.3, 0.4) is 0 Å². The highest BCUT2D eigenvalue weighted by molar-refractivity contribution is 5.47. The van der Waals surface area contributed by atoms with Crippen LogP contribution in [0.2, 0.25) is 0 Å². The van der Waals surface area contributed by atoms with Gasteiger partial charge in [0.05, 0.1) is 0 Å². The van der Waals surface area contributed by atoms with Gasteiger partial charge in [0, 0.05) is 17.0 Å². The van der Waals surface area contributed by atoms with E-state index in [1.54, 1.807) is 13.8 Å². The molecule has 2 N–H and O–H groups in total. The molecule has 124 valence electrons. The third-order valence-electron chi connectivity index (χ3n) is 3.59. The van der Waals surface area contributed by atoms with Crippen molar-refractivity contribution >= 4 is 0 Å². The molecule has 2 aromatic rings. The monoisotopic (exact) mass is 316 g/mol. The zero-order valence-electron chi connectivity index (χ0n) is 13.8. The Morgan fingerprint density at radius 3 is 1.52 bits per heavy atom. The van der Waals surface area contributed by atoms with Crippen molar-refractivity contribution in [2.75, 3.05) is 0 Å². The fourth-order valence-corrected chi connectivity index (χ4v) is 2.73. The number of para-hydroxylation sites is 2. The minimum atomic E-state index is -0.877. The lowest BCUT2D eigenvalue weighted by Crippen LogP contribution is -2.14. The van der Waals surface area contributed by atoms with Crippen molar-refractivity contribution in [1.29, 1.82) is 0 Å². The summed E-state index contributed by atoms with van der Waals surface area (Å²) >= 11 is 0. The van der Waals surface area contributed by atoms with E-state index in [0.29, 0.717) is 11.5 Å². The minimum absolute atomic E-state index is 0.0416. The van der Waals surface area contributed by atoms with E-state index >= 15 is 0 Å². The molecule has 2 unspecified atom stereocenters. The van der Waals surface area contributed by atoms with Crippen molar-refractivity contribution < 1.29 is 19.7 Å². The Morgan fingerprint density at radius 2 is 1.17 bits per heavy atom. The van der Waals surface area contributed by atoms with E-state index in [1.165, 1.54) is 0 Å². The van der Waals surface area contributed by atoms with Gasteiger partial charge in [0.15, 0.2) is 12.6 Å². The van der Waals surface area contributed by atoms with Crippen LogP contribution >= 0.6 is 0 Å². The number of hydrogen-bond donors (Lipinski definition) is 2. The zero-order valence-corrected chi connectivity index (χ0v) is 13.8. The first kappa shape index (κ1) is 17.3. The summed E-state index contributed by atoms with van der Waals surface area (Å²) in [5.74, 6) is 1.35. The Bertz CT molecular complexity index is 569. The van der Waals surface area contributed by atoms with Gasteiger partial charge in [0.25, 0.3) is 0 Å². The molecule has 0 saturated heterocycles. The summed E-state index contributed by atoms with van der Waals surface area (Å²) in [5.41, 5.74) is 1.97. The van der Waals surface area contributed by atoms with E-state index in [2.05, 4.69) is 6.92 Å². The van der Waals surface area contributed by atoms with Crippen molar-refractivity contribution in [3.63, 3.8) is 0 Å². The third-order valence-corrected chi connectivity index (χ3v) is 3.59. The summed E-state index contributed by atoms with van der Waals surface area (Å²) in [6.45, 7) is 5.26. The fraction of sp³-hybridized carbons (Fsp3) is 0.368. The molecule has 4 nitrogen and oxygen atoms in total. The number of aliphatic hydroxyl groups excluding tert-OH is 2. The Hall–Kier alpha value is -2.04. The maximum Gasteiger partial charge on any atom is 0.194 e. The Morgan fingerprint density at radius 1 is 0.783 bits per heavy atom. The van der Waals surface area contributed by atoms with Gasteiger partial charge < -0.3 is 19.7 Å². The van der Waals surface area contributed by atoms with Crippen LogP contribution in [0.25, 0.3) is 0 Å².